The van der Waals surface area contributed by atoms with Gasteiger partial charge in [0.05, 0.1) is 5.45 Å². The molecule has 1 aromatic rings. The van der Waals surface area contributed by atoms with Crippen LogP contribution in [0.25, 0.3) is 0 Å². The molecule has 66 valence electrons. The third kappa shape index (κ3) is 2.52. The fraction of sp³-hybridized carbons (Fsp3) is 0.400. The maximum atomic E-state index is 3.32. The quantitative estimate of drug-likeness (QED) is 0.615. The lowest BCUT2D eigenvalue weighted by molar-refractivity contribution is 0.867. The number of benzene rings is 1. The molecule has 0 aliphatic carbocycles. The van der Waals surface area contributed by atoms with Gasteiger partial charge in [0.15, 0.2) is 0 Å². The molecular formula is C10H14BrN. The average Bonchev–Trinajstić information content (AvgIpc) is 2.06. The maximum Gasteiger partial charge on any atom is 0.0707 e. The van der Waals surface area contributed by atoms with Gasteiger partial charge in [-0.3, -0.25) is 0 Å². The van der Waals surface area contributed by atoms with Gasteiger partial charge in [-0.1, -0.05) is 41.9 Å². The maximum absolute atomic E-state index is 3.32. The summed E-state index contributed by atoms with van der Waals surface area (Å²) in [5.74, 6) is 0.614. The van der Waals surface area contributed by atoms with Gasteiger partial charge < -0.3 is 5.32 Å². The Morgan fingerprint density at radius 2 is 1.83 bits per heavy atom. The van der Waals surface area contributed by atoms with Crippen LogP contribution in [0.3, 0.4) is 0 Å². The number of alkyl halides is 1. The summed E-state index contributed by atoms with van der Waals surface area (Å²) in [5, 5.41) is 3.19. The zero-order chi connectivity index (χ0) is 8.97. The normalized spacial score (nSPS) is 10.3. The number of anilines is 1. The number of hydrogen-bond donors (Lipinski definition) is 1. The van der Waals surface area contributed by atoms with E-state index < -0.39 is 0 Å². The van der Waals surface area contributed by atoms with Crippen molar-refractivity contribution in [2.24, 2.45) is 0 Å². The van der Waals surface area contributed by atoms with Crippen molar-refractivity contribution < 1.29 is 0 Å². The Kier molecular flexibility index (Phi) is 3.60. The molecule has 0 spiro atoms. The lowest BCUT2D eigenvalue weighted by Crippen LogP contribution is -1.94. The van der Waals surface area contributed by atoms with Gasteiger partial charge >= 0.3 is 0 Å². The van der Waals surface area contributed by atoms with E-state index in [0.717, 1.165) is 11.1 Å². The highest BCUT2D eigenvalue weighted by Gasteiger charge is 1.97. The molecule has 0 heterocycles. The largest absolute Gasteiger partial charge is 0.375 e. The number of nitrogens with one attached hydrogen (secondary N) is 1. The van der Waals surface area contributed by atoms with E-state index in [1.54, 1.807) is 0 Å². The molecule has 1 rings (SSSR count). The molecule has 0 saturated carbocycles. The van der Waals surface area contributed by atoms with Crippen LogP contribution in [0.2, 0.25) is 0 Å². The third-order valence-corrected chi connectivity index (χ3v) is 2.13. The second-order valence-corrected chi connectivity index (χ2v) is 3.65. The Bertz CT molecular complexity index is 228. The van der Waals surface area contributed by atoms with Crippen LogP contribution < -0.4 is 5.32 Å². The second kappa shape index (κ2) is 4.51. The highest BCUT2D eigenvalue weighted by molar-refractivity contribution is 9.09. The molecule has 0 amide bonds. The molecule has 0 radical (unpaired) electrons. The van der Waals surface area contributed by atoms with Gasteiger partial charge in [-0.15, -0.1) is 0 Å². The second-order valence-electron chi connectivity index (χ2n) is 3.09. The van der Waals surface area contributed by atoms with Gasteiger partial charge in [0.2, 0.25) is 0 Å². The van der Waals surface area contributed by atoms with E-state index in [1.165, 1.54) is 5.56 Å². The highest BCUT2D eigenvalue weighted by atomic mass is 79.9. The van der Waals surface area contributed by atoms with Crippen molar-refractivity contribution in [2.75, 3.05) is 10.8 Å². The van der Waals surface area contributed by atoms with Crippen LogP contribution in [0, 0.1) is 0 Å². The zero-order valence-corrected chi connectivity index (χ0v) is 9.06. The molecule has 12 heavy (non-hydrogen) atoms. The summed E-state index contributed by atoms with van der Waals surface area (Å²) in [6.07, 6.45) is 0. The molecule has 0 fully saturated rings. The van der Waals surface area contributed by atoms with Crippen LogP contribution in [0.1, 0.15) is 25.3 Å². The Balaban J connectivity index is 2.71. The Labute approximate surface area is 82.3 Å². The summed E-state index contributed by atoms with van der Waals surface area (Å²) in [7, 11) is 0. The van der Waals surface area contributed by atoms with Crippen molar-refractivity contribution in [3.8, 4) is 0 Å². The number of hydrogen-bond acceptors (Lipinski definition) is 1. The number of rotatable bonds is 3. The first kappa shape index (κ1) is 9.59. The first-order valence-corrected chi connectivity index (χ1v) is 5.26. The van der Waals surface area contributed by atoms with Gasteiger partial charge in [-0.25, -0.2) is 0 Å². The van der Waals surface area contributed by atoms with Crippen molar-refractivity contribution in [3.05, 3.63) is 29.8 Å². The Morgan fingerprint density at radius 3 is 2.25 bits per heavy atom. The predicted octanol–water partition coefficient (Wildman–Crippen LogP) is 3.57. The minimum atomic E-state index is 0.614. The summed E-state index contributed by atoms with van der Waals surface area (Å²) >= 11 is 3.32. The fourth-order valence-electron chi connectivity index (χ4n) is 1.06. The summed E-state index contributed by atoms with van der Waals surface area (Å²) in [6, 6.07) is 8.54. The van der Waals surface area contributed by atoms with Crippen LogP contribution in [0.4, 0.5) is 5.69 Å². The van der Waals surface area contributed by atoms with E-state index in [1.807, 2.05) is 0 Å². The van der Waals surface area contributed by atoms with Gasteiger partial charge in [-0.05, 0) is 23.6 Å². The predicted molar refractivity (Wildman–Crippen MR) is 57.9 cm³/mol. The van der Waals surface area contributed by atoms with Crippen molar-refractivity contribution >= 4 is 21.6 Å². The molecule has 0 saturated heterocycles. The average molecular weight is 228 g/mol. The SMILES string of the molecule is CC(C)c1ccc(NCBr)cc1. The molecule has 0 aromatic heterocycles. The van der Waals surface area contributed by atoms with Crippen molar-refractivity contribution in [1.82, 2.24) is 0 Å². The van der Waals surface area contributed by atoms with E-state index in [9.17, 15) is 0 Å². The minimum Gasteiger partial charge on any atom is -0.375 e. The van der Waals surface area contributed by atoms with Gasteiger partial charge in [-0.2, -0.15) is 0 Å². The summed E-state index contributed by atoms with van der Waals surface area (Å²) < 4.78 is 0. The smallest absolute Gasteiger partial charge is 0.0707 e. The molecule has 1 aromatic carbocycles. The van der Waals surface area contributed by atoms with Crippen molar-refractivity contribution in [2.45, 2.75) is 19.8 Å². The van der Waals surface area contributed by atoms with Crippen LogP contribution in [0.15, 0.2) is 24.3 Å². The van der Waals surface area contributed by atoms with Crippen LogP contribution in [0.5, 0.6) is 0 Å². The molecular weight excluding hydrogens is 214 g/mol. The lowest BCUT2D eigenvalue weighted by atomic mass is 10.0. The number of halogens is 1. The van der Waals surface area contributed by atoms with E-state index in [4.69, 9.17) is 0 Å². The van der Waals surface area contributed by atoms with Crippen LogP contribution >= 0.6 is 15.9 Å². The lowest BCUT2D eigenvalue weighted by Gasteiger charge is -2.06. The fourth-order valence-corrected chi connectivity index (χ4v) is 1.39. The molecule has 0 aliphatic heterocycles. The summed E-state index contributed by atoms with van der Waals surface area (Å²) in [4.78, 5) is 0. The summed E-state index contributed by atoms with van der Waals surface area (Å²) in [5.41, 5.74) is 3.35. The van der Waals surface area contributed by atoms with Gasteiger partial charge in [0, 0.05) is 5.69 Å². The Morgan fingerprint density at radius 1 is 1.25 bits per heavy atom. The topological polar surface area (TPSA) is 12.0 Å². The highest BCUT2D eigenvalue weighted by Crippen LogP contribution is 2.16. The summed E-state index contributed by atoms with van der Waals surface area (Å²) in [6.45, 7) is 4.40. The molecule has 1 nitrogen and oxygen atoms in total. The van der Waals surface area contributed by atoms with Crippen molar-refractivity contribution in [3.63, 3.8) is 0 Å². The molecule has 0 bridgehead atoms. The van der Waals surface area contributed by atoms with Crippen LogP contribution in [-0.4, -0.2) is 5.45 Å². The Hall–Kier alpha value is -0.500. The molecule has 0 atom stereocenters. The zero-order valence-electron chi connectivity index (χ0n) is 7.47. The standard InChI is InChI=1S/C10H14BrN/c1-8(2)9-3-5-10(6-4-9)12-7-11/h3-6,8,12H,7H2,1-2H3. The van der Waals surface area contributed by atoms with E-state index in [0.29, 0.717) is 5.92 Å². The molecule has 0 aliphatic rings. The van der Waals surface area contributed by atoms with Crippen LogP contribution in [-0.2, 0) is 0 Å². The third-order valence-electron chi connectivity index (χ3n) is 1.85. The molecule has 0 unspecified atom stereocenters. The molecule has 2 heteroatoms. The monoisotopic (exact) mass is 227 g/mol. The van der Waals surface area contributed by atoms with Gasteiger partial charge in [0.1, 0.15) is 0 Å². The van der Waals surface area contributed by atoms with Crippen molar-refractivity contribution in [1.29, 1.82) is 0 Å². The van der Waals surface area contributed by atoms with E-state index >= 15 is 0 Å². The molecule has 1 N–H and O–H groups in total. The minimum absolute atomic E-state index is 0.614. The van der Waals surface area contributed by atoms with Gasteiger partial charge in [0.25, 0.3) is 0 Å². The first-order valence-electron chi connectivity index (χ1n) is 4.14. The first-order chi connectivity index (χ1) is 5.74. The van der Waals surface area contributed by atoms with E-state index in [2.05, 4.69) is 59.4 Å². The van der Waals surface area contributed by atoms with E-state index in [-0.39, 0.29) is 0 Å².